The van der Waals surface area contributed by atoms with Crippen LogP contribution in [-0.4, -0.2) is 30.9 Å². The highest BCUT2D eigenvalue weighted by atomic mass is 35.5. The van der Waals surface area contributed by atoms with Crippen molar-refractivity contribution < 1.29 is 13.5 Å². The molecule has 1 fully saturated rings. The van der Waals surface area contributed by atoms with Gasteiger partial charge in [-0.15, -0.1) is 0 Å². The zero-order chi connectivity index (χ0) is 14.9. The molecule has 1 heterocycles. The van der Waals surface area contributed by atoms with E-state index in [2.05, 4.69) is 6.92 Å². The van der Waals surface area contributed by atoms with Crippen LogP contribution in [-0.2, 0) is 16.6 Å². The Labute approximate surface area is 129 Å². The van der Waals surface area contributed by atoms with Gasteiger partial charge in [-0.05, 0) is 30.0 Å². The molecule has 0 spiro atoms. The molecule has 0 radical (unpaired) electrons. The van der Waals surface area contributed by atoms with Gasteiger partial charge in [0.2, 0.25) is 10.0 Å². The van der Waals surface area contributed by atoms with Gasteiger partial charge in [0, 0.05) is 18.1 Å². The topological polar surface area (TPSA) is 57.6 Å². The highest BCUT2D eigenvalue weighted by Gasteiger charge is 2.33. The summed E-state index contributed by atoms with van der Waals surface area (Å²) in [6.45, 7) is 2.71. The largest absolute Gasteiger partial charge is 0.392 e. The second-order valence-corrected chi connectivity index (χ2v) is 7.68. The van der Waals surface area contributed by atoms with E-state index in [1.165, 1.54) is 16.4 Å². The van der Waals surface area contributed by atoms with Gasteiger partial charge in [0.25, 0.3) is 0 Å². The number of hydrogen-bond donors (Lipinski definition) is 1. The monoisotopic (exact) mass is 337 g/mol. The summed E-state index contributed by atoms with van der Waals surface area (Å²) in [7, 11) is -3.66. The average molecular weight is 338 g/mol. The van der Waals surface area contributed by atoms with Crippen molar-refractivity contribution in [2.75, 3.05) is 13.1 Å². The molecule has 1 N–H and O–H groups in total. The van der Waals surface area contributed by atoms with E-state index in [9.17, 15) is 13.5 Å². The molecule has 0 aromatic heterocycles. The molecular formula is C13H17Cl2NO3S. The van der Waals surface area contributed by atoms with Crippen LogP contribution in [0.25, 0.3) is 0 Å². The summed E-state index contributed by atoms with van der Waals surface area (Å²) in [5.74, 6) is 0.389. The number of benzene rings is 1. The first-order valence-electron chi connectivity index (χ1n) is 6.49. The molecule has 0 saturated carbocycles. The molecule has 1 saturated heterocycles. The Morgan fingerprint density at radius 1 is 1.40 bits per heavy atom. The van der Waals surface area contributed by atoms with E-state index in [-0.39, 0.29) is 21.5 Å². The van der Waals surface area contributed by atoms with E-state index < -0.39 is 10.0 Å². The smallest absolute Gasteiger partial charge is 0.244 e. The zero-order valence-electron chi connectivity index (χ0n) is 11.1. The predicted molar refractivity (Wildman–Crippen MR) is 79.5 cm³/mol. The maximum atomic E-state index is 12.6. The van der Waals surface area contributed by atoms with Gasteiger partial charge in [-0.1, -0.05) is 36.5 Å². The standard InChI is InChI=1S/C13H17Cl2NO3S/c1-2-9-3-4-16(7-9)20(18,19)12-6-11(14)5-10(8-17)13(12)15/h5-6,9,17H,2-4,7-8H2,1H3. The molecule has 112 valence electrons. The molecule has 1 aromatic rings. The molecule has 1 aromatic carbocycles. The van der Waals surface area contributed by atoms with E-state index in [0.717, 1.165) is 12.8 Å². The lowest BCUT2D eigenvalue weighted by molar-refractivity contribution is 0.281. The van der Waals surface area contributed by atoms with Crippen molar-refractivity contribution in [2.24, 2.45) is 5.92 Å². The summed E-state index contributed by atoms with van der Waals surface area (Å²) in [6, 6.07) is 2.82. The Morgan fingerprint density at radius 2 is 2.10 bits per heavy atom. The molecule has 7 heteroatoms. The Morgan fingerprint density at radius 3 is 2.65 bits per heavy atom. The second kappa shape index (κ2) is 6.20. The molecule has 4 nitrogen and oxygen atoms in total. The van der Waals surface area contributed by atoms with Crippen LogP contribution in [0.4, 0.5) is 0 Å². The van der Waals surface area contributed by atoms with Crippen LogP contribution in [0.1, 0.15) is 25.3 Å². The third-order valence-electron chi connectivity index (χ3n) is 3.69. The third kappa shape index (κ3) is 2.97. The molecule has 1 atom stereocenters. The summed E-state index contributed by atoms with van der Waals surface area (Å²) in [6.07, 6.45) is 1.82. The first kappa shape index (κ1) is 16.0. The number of rotatable bonds is 4. The fraction of sp³-hybridized carbons (Fsp3) is 0.538. The highest BCUT2D eigenvalue weighted by molar-refractivity contribution is 7.89. The van der Waals surface area contributed by atoms with Gasteiger partial charge in [0.05, 0.1) is 11.6 Å². The van der Waals surface area contributed by atoms with Crippen LogP contribution < -0.4 is 0 Å². The summed E-state index contributed by atoms with van der Waals surface area (Å²) in [4.78, 5) is -0.0209. The minimum Gasteiger partial charge on any atom is -0.392 e. The van der Waals surface area contributed by atoms with Crippen molar-refractivity contribution in [3.8, 4) is 0 Å². The maximum Gasteiger partial charge on any atom is 0.244 e. The molecule has 0 amide bonds. The van der Waals surface area contributed by atoms with E-state index in [1.54, 1.807) is 0 Å². The average Bonchev–Trinajstić information content (AvgIpc) is 2.90. The summed E-state index contributed by atoms with van der Waals surface area (Å²) < 4.78 is 26.7. The molecule has 1 unspecified atom stereocenters. The summed E-state index contributed by atoms with van der Waals surface area (Å²) >= 11 is 12.0. The van der Waals surface area contributed by atoms with Gasteiger partial charge < -0.3 is 5.11 Å². The van der Waals surface area contributed by atoms with Gasteiger partial charge in [0.15, 0.2) is 0 Å². The van der Waals surface area contributed by atoms with Crippen LogP contribution in [0.2, 0.25) is 10.0 Å². The van der Waals surface area contributed by atoms with E-state index in [4.69, 9.17) is 23.2 Å². The quantitative estimate of drug-likeness (QED) is 0.918. The minimum atomic E-state index is -3.66. The minimum absolute atomic E-state index is 0.0209. The lowest BCUT2D eigenvalue weighted by atomic mass is 10.1. The molecule has 1 aliphatic heterocycles. The van der Waals surface area contributed by atoms with Crippen molar-refractivity contribution in [3.63, 3.8) is 0 Å². The molecular weight excluding hydrogens is 321 g/mol. The normalized spacial score (nSPS) is 20.5. The number of nitrogens with zero attached hydrogens (tertiary/aromatic N) is 1. The fourth-order valence-electron chi connectivity index (χ4n) is 2.41. The Bertz CT molecular complexity index is 604. The van der Waals surface area contributed by atoms with Crippen LogP contribution in [0.15, 0.2) is 17.0 Å². The van der Waals surface area contributed by atoms with Gasteiger partial charge >= 0.3 is 0 Å². The fourth-order valence-corrected chi connectivity index (χ4v) is 4.84. The van der Waals surface area contributed by atoms with Crippen molar-refractivity contribution in [1.82, 2.24) is 4.31 Å². The first-order chi connectivity index (χ1) is 9.40. The molecule has 20 heavy (non-hydrogen) atoms. The SMILES string of the molecule is CCC1CCN(S(=O)(=O)c2cc(Cl)cc(CO)c2Cl)C1. The van der Waals surface area contributed by atoms with Crippen molar-refractivity contribution in [2.45, 2.75) is 31.3 Å². The van der Waals surface area contributed by atoms with Crippen LogP contribution in [0.3, 0.4) is 0 Å². The molecule has 1 aliphatic rings. The van der Waals surface area contributed by atoms with E-state index in [1.807, 2.05) is 0 Å². The number of halogens is 2. The third-order valence-corrected chi connectivity index (χ3v) is 6.36. The predicted octanol–water partition coefficient (Wildman–Crippen LogP) is 2.91. The van der Waals surface area contributed by atoms with Gasteiger partial charge in [-0.3, -0.25) is 0 Å². The van der Waals surface area contributed by atoms with E-state index >= 15 is 0 Å². The molecule has 0 bridgehead atoms. The highest BCUT2D eigenvalue weighted by Crippen LogP contribution is 2.34. The number of hydrogen-bond acceptors (Lipinski definition) is 3. The Hall–Kier alpha value is -0.330. The lowest BCUT2D eigenvalue weighted by Gasteiger charge is -2.18. The van der Waals surface area contributed by atoms with Gasteiger partial charge in [-0.25, -0.2) is 8.42 Å². The van der Waals surface area contributed by atoms with Crippen LogP contribution >= 0.6 is 23.2 Å². The van der Waals surface area contributed by atoms with E-state index in [0.29, 0.717) is 24.6 Å². The van der Waals surface area contributed by atoms with Crippen LogP contribution in [0.5, 0.6) is 0 Å². The second-order valence-electron chi connectivity index (χ2n) is 4.96. The van der Waals surface area contributed by atoms with Crippen molar-refractivity contribution >= 4 is 33.2 Å². The number of aliphatic hydroxyl groups is 1. The van der Waals surface area contributed by atoms with Gasteiger partial charge in [0.1, 0.15) is 4.90 Å². The Kier molecular flexibility index (Phi) is 4.97. The molecule has 2 rings (SSSR count). The first-order valence-corrected chi connectivity index (χ1v) is 8.68. The zero-order valence-corrected chi connectivity index (χ0v) is 13.5. The summed E-state index contributed by atoms with van der Waals surface area (Å²) in [5, 5.41) is 9.53. The van der Waals surface area contributed by atoms with Gasteiger partial charge in [-0.2, -0.15) is 4.31 Å². The molecule has 0 aliphatic carbocycles. The number of sulfonamides is 1. The number of aliphatic hydroxyl groups excluding tert-OH is 1. The summed E-state index contributed by atoms with van der Waals surface area (Å²) in [5.41, 5.74) is 0.323. The van der Waals surface area contributed by atoms with Crippen molar-refractivity contribution in [3.05, 3.63) is 27.7 Å². The Balaban J connectivity index is 2.42. The lowest BCUT2D eigenvalue weighted by Crippen LogP contribution is -2.29. The van der Waals surface area contributed by atoms with Crippen molar-refractivity contribution in [1.29, 1.82) is 0 Å². The van der Waals surface area contributed by atoms with Crippen LogP contribution in [0, 0.1) is 5.92 Å². The maximum absolute atomic E-state index is 12.6.